The van der Waals surface area contributed by atoms with Crippen molar-refractivity contribution in [2.75, 3.05) is 26.8 Å². The maximum absolute atomic E-state index is 14.3. The van der Waals surface area contributed by atoms with E-state index in [9.17, 15) is 13.2 Å². The molecule has 196 valence electrons. The van der Waals surface area contributed by atoms with Gasteiger partial charge in [0.25, 0.3) is 0 Å². The van der Waals surface area contributed by atoms with E-state index in [0.29, 0.717) is 41.5 Å². The Morgan fingerprint density at radius 1 is 1.14 bits per heavy atom. The van der Waals surface area contributed by atoms with Gasteiger partial charge in [0.15, 0.2) is 11.5 Å². The summed E-state index contributed by atoms with van der Waals surface area (Å²) in [6.45, 7) is 4.55. The first-order chi connectivity index (χ1) is 17.5. The van der Waals surface area contributed by atoms with Crippen LogP contribution in [0.2, 0.25) is 0 Å². The number of nitrogens with zero attached hydrogens (tertiary/aromatic N) is 5. The number of aromatic nitrogens is 4. The summed E-state index contributed by atoms with van der Waals surface area (Å²) in [7, 11) is 1.61. The number of halogens is 3. The Kier molecular flexibility index (Phi) is 6.55. The number of fused-ring (bicyclic) bond motifs is 2. The Morgan fingerprint density at radius 2 is 1.92 bits per heavy atom. The highest BCUT2D eigenvalue weighted by Crippen LogP contribution is 2.41. The number of benzene rings is 1. The van der Waals surface area contributed by atoms with Crippen molar-refractivity contribution < 1.29 is 22.6 Å². The second-order valence-corrected chi connectivity index (χ2v) is 9.97. The molecule has 11 heteroatoms. The molecule has 1 aromatic carbocycles. The summed E-state index contributed by atoms with van der Waals surface area (Å²) >= 11 is 0. The molecule has 0 amide bonds. The summed E-state index contributed by atoms with van der Waals surface area (Å²) in [6, 6.07) is 10.5. The Bertz CT molecular complexity index is 1420. The fourth-order valence-electron chi connectivity index (χ4n) is 4.89. The quantitative estimate of drug-likeness (QED) is 0.391. The van der Waals surface area contributed by atoms with Crippen molar-refractivity contribution in [2.45, 2.75) is 44.1 Å². The van der Waals surface area contributed by atoms with E-state index < -0.39 is 17.8 Å². The molecule has 4 heterocycles. The zero-order chi connectivity index (χ0) is 26.4. The van der Waals surface area contributed by atoms with E-state index in [4.69, 9.17) is 20.2 Å². The summed E-state index contributed by atoms with van der Waals surface area (Å²) in [6.07, 6.45) is -2.66. The number of hydrogen-bond acceptors (Lipinski definition) is 7. The summed E-state index contributed by atoms with van der Waals surface area (Å²) in [5, 5.41) is 9.28. The normalized spacial score (nSPS) is 20.5. The third kappa shape index (κ3) is 5.25. The lowest BCUT2D eigenvalue weighted by molar-refractivity contribution is -0.184. The van der Waals surface area contributed by atoms with Gasteiger partial charge in [0.2, 0.25) is 0 Å². The standard InChI is InChI=1S/C26H29F3N6O2/c1-16(14-36-3)37-19-7-4-17-5-8-20(31-21(17)12-19)24-33-32-22-9-6-18(13-35(22)24)23(26(27,28)29)34-11-10-25(2,30)15-34/h4-9,12-13,16,23H,10-11,14-15,30H2,1-3H3/t16-,23+,25+/m1/s1. The molecule has 3 atom stereocenters. The predicted molar refractivity (Wildman–Crippen MR) is 133 cm³/mol. The van der Waals surface area contributed by atoms with Gasteiger partial charge in [-0.25, -0.2) is 4.98 Å². The van der Waals surface area contributed by atoms with Gasteiger partial charge in [-0.15, -0.1) is 10.2 Å². The first-order valence-corrected chi connectivity index (χ1v) is 12.1. The third-order valence-corrected chi connectivity index (χ3v) is 6.58. The number of rotatable bonds is 7. The third-order valence-electron chi connectivity index (χ3n) is 6.58. The van der Waals surface area contributed by atoms with Crippen molar-refractivity contribution in [1.82, 2.24) is 24.5 Å². The Labute approximate surface area is 212 Å². The number of likely N-dealkylation sites (tertiary alicyclic amines) is 1. The summed E-state index contributed by atoms with van der Waals surface area (Å²) in [4.78, 5) is 6.11. The topological polar surface area (TPSA) is 90.8 Å². The first-order valence-electron chi connectivity index (χ1n) is 12.1. The number of ether oxygens (including phenoxy) is 2. The van der Waals surface area contributed by atoms with Crippen molar-refractivity contribution in [3.8, 4) is 17.3 Å². The van der Waals surface area contributed by atoms with E-state index in [-0.39, 0.29) is 24.8 Å². The molecule has 5 rings (SSSR count). The molecule has 1 aliphatic heterocycles. The van der Waals surface area contributed by atoms with Gasteiger partial charge >= 0.3 is 6.18 Å². The maximum Gasteiger partial charge on any atom is 0.408 e. The van der Waals surface area contributed by atoms with Crippen LogP contribution in [0.4, 0.5) is 13.2 Å². The highest BCUT2D eigenvalue weighted by Gasteiger charge is 2.48. The highest BCUT2D eigenvalue weighted by atomic mass is 19.4. The highest BCUT2D eigenvalue weighted by molar-refractivity contribution is 5.82. The average molecular weight is 515 g/mol. The second kappa shape index (κ2) is 9.55. The lowest BCUT2D eigenvalue weighted by Crippen LogP contribution is -2.43. The van der Waals surface area contributed by atoms with Crippen LogP contribution in [0.1, 0.15) is 31.9 Å². The van der Waals surface area contributed by atoms with Gasteiger partial charge in [-0.05, 0) is 50.1 Å². The van der Waals surface area contributed by atoms with E-state index in [0.717, 1.165) is 5.39 Å². The smallest absolute Gasteiger partial charge is 0.408 e. The van der Waals surface area contributed by atoms with Crippen molar-refractivity contribution in [2.24, 2.45) is 5.73 Å². The van der Waals surface area contributed by atoms with Crippen LogP contribution in [0, 0.1) is 0 Å². The zero-order valence-corrected chi connectivity index (χ0v) is 20.9. The molecule has 0 bridgehead atoms. The fraction of sp³-hybridized carbons (Fsp3) is 0.423. The first kappa shape index (κ1) is 25.4. The van der Waals surface area contributed by atoms with Gasteiger partial charge in [-0.1, -0.05) is 12.1 Å². The Balaban J connectivity index is 1.52. The number of pyridine rings is 2. The minimum absolute atomic E-state index is 0.0994. The van der Waals surface area contributed by atoms with E-state index in [1.54, 1.807) is 30.6 Å². The molecular weight excluding hydrogens is 485 g/mol. The Morgan fingerprint density at radius 3 is 2.62 bits per heavy atom. The largest absolute Gasteiger partial charge is 0.488 e. The molecule has 1 fully saturated rings. The van der Waals surface area contributed by atoms with E-state index in [1.807, 2.05) is 31.2 Å². The minimum Gasteiger partial charge on any atom is -0.488 e. The van der Waals surface area contributed by atoms with Crippen LogP contribution in [0.25, 0.3) is 28.1 Å². The van der Waals surface area contributed by atoms with Crippen LogP contribution in [0.3, 0.4) is 0 Å². The molecule has 37 heavy (non-hydrogen) atoms. The molecule has 0 unspecified atom stereocenters. The number of methoxy groups -OCH3 is 1. The second-order valence-electron chi connectivity index (χ2n) is 9.97. The van der Waals surface area contributed by atoms with E-state index in [1.165, 1.54) is 17.2 Å². The molecule has 0 aliphatic carbocycles. The molecule has 1 aliphatic rings. The van der Waals surface area contributed by atoms with Crippen molar-refractivity contribution in [3.63, 3.8) is 0 Å². The molecule has 8 nitrogen and oxygen atoms in total. The monoisotopic (exact) mass is 514 g/mol. The van der Waals surface area contributed by atoms with Gasteiger partial charge < -0.3 is 15.2 Å². The molecule has 4 aromatic rings. The van der Waals surface area contributed by atoms with Crippen LogP contribution < -0.4 is 10.5 Å². The summed E-state index contributed by atoms with van der Waals surface area (Å²) < 4.78 is 55.3. The Hall–Kier alpha value is -3.28. The van der Waals surface area contributed by atoms with Gasteiger partial charge in [0, 0.05) is 43.4 Å². The van der Waals surface area contributed by atoms with Gasteiger partial charge in [0.05, 0.1) is 12.1 Å². The van der Waals surface area contributed by atoms with E-state index >= 15 is 0 Å². The van der Waals surface area contributed by atoms with Crippen molar-refractivity contribution in [3.05, 3.63) is 54.2 Å². The maximum atomic E-state index is 14.3. The van der Waals surface area contributed by atoms with Crippen LogP contribution in [-0.4, -0.2) is 69.1 Å². The molecule has 0 radical (unpaired) electrons. The van der Waals surface area contributed by atoms with E-state index in [2.05, 4.69) is 10.2 Å². The predicted octanol–water partition coefficient (Wildman–Crippen LogP) is 4.38. The van der Waals surface area contributed by atoms with Crippen LogP contribution in [-0.2, 0) is 4.74 Å². The average Bonchev–Trinajstić information content (AvgIpc) is 3.40. The fourth-order valence-corrected chi connectivity index (χ4v) is 4.89. The van der Waals surface area contributed by atoms with Gasteiger partial charge in [-0.2, -0.15) is 13.2 Å². The number of alkyl halides is 3. The van der Waals surface area contributed by atoms with Crippen LogP contribution >= 0.6 is 0 Å². The molecule has 2 N–H and O–H groups in total. The molecule has 0 spiro atoms. The van der Waals surface area contributed by atoms with Gasteiger partial charge in [-0.3, -0.25) is 9.30 Å². The van der Waals surface area contributed by atoms with Crippen molar-refractivity contribution >= 4 is 16.6 Å². The van der Waals surface area contributed by atoms with Crippen LogP contribution in [0.5, 0.6) is 5.75 Å². The molecule has 3 aromatic heterocycles. The van der Waals surface area contributed by atoms with Crippen molar-refractivity contribution in [1.29, 1.82) is 0 Å². The molecule has 0 saturated carbocycles. The zero-order valence-electron chi connectivity index (χ0n) is 20.9. The molecule has 1 saturated heterocycles. The SMILES string of the molecule is COC[C@@H](C)Oc1ccc2ccc(-c3nnc4ccc([C@H](N5CC[C@](C)(N)C5)C(F)(F)F)cn34)nc2c1. The van der Waals surface area contributed by atoms with Crippen LogP contribution in [0.15, 0.2) is 48.7 Å². The number of nitrogens with two attached hydrogens (primary N) is 1. The number of hydrogen-bond donors (Lipinski definition) is 1. The lowest BCUT2D eigenvalue weighted by Gasteiger charge is -2.31. The summed E-state index contributed by atoms with van der Waals surface area (Å²) in [5.41, 5.74) is 7.16. The van der Waals surface area contributed by atoms with Gasteiger partial charge in [0.1, 0.15) is 23.6 Å². The summed E-state index contributed by atoms with van der Waals surface area (Å²) in [5.74, 6) is 0.990. The lowest BCUT2D eigenvalue weighted by atomic mass is 10.0. The molecular formula is C26H29F3N6O2. The minimum atomic E-state index is -4.47.